The topological polar surface area (TPSA) is 84.7 Å². The van der Waals surface area contributed by atoms with Gasteiger partial charge in [0.1, 0.15) is 0 Å². The second-order valence-electron chi connectivity index (χ2n) is 4.34. The van der Waals surface area contributed by atoms with Crippen molar-refractivity contribution >= 4 is 23.3 Å². The van der Waals surface area contributed by atoms with Crippen molar-refractivity contribution in [2.24, 2.45) is 0 Å². The van der Waals surface area contributed by atoms with Crippen LogP contribution in [0.5, 0.6) is 0 Å². The molecule has 1 rings (SSSR count). The molecule has 1 amide bonds. The molecule has 0 unspecified atom stereocenters. The van der Waals surface area contributed by atoms with Crippen LogP contribution >= 0.6 is 0 Å². The lowest BCUT2D eigenvalue weighted by Gasteiger charge is -2.20. The van der Waals surface area contributed by atoms with Gasteiger partial charge in [-0.1, -0.05) is 0 Å². The monoisotopic (exact) mass is 279 g/mol. The fraction of sp³-hybridized carbons (Fsp3) is 0.429. The van der Waals surface area contributed by atoms with Crippen molar-refractivity contribution in [3.8, 4) is 0 Å². The normalized spacial score (nSPS) is 9.95. The molecule has 1 aromatic rings. The van der Waals surface area contributed by atoms with Gasteiger partial charge in [0.2, 0.25) is 5.91 Å². The van der Waals surface area contributed by atoms with Crippen LogP contribution in [-0.4, -0.2) is 39.1 Å². The van der Waals surface area contributed by atoms with Crippen LogP contribution in [0.3, 0.4) is 0 Å². The van der Waals surface area contributed by atoms with Gasteiger partial charge < -0.3 is 20.7 Å². The molecule has 0 aliphatic rings. The number of nitrogens with zero attached hydrogens (tertiary/aromatic N) is 1. The summed E-state index contributed by atoms with van der Waals surface area (Å²) in [4.78, 5) is 24.9. The highest BCUT2D eigenvalue weighted by molar-refractivity contribution is 5.96. The molecule has 0 heterocycles. The first kappa shape index (κ1) is 15.8. The van der Waals surface area contributed by atoms with E-state index in [1.807, 2.05) is 18.0 Å². The molecule has 110 valence electrons. The molecule has 0 atom stereocenters. The van der Waals surface area contributed by atoms with Crippen LogP contribution in [0.1, 0.15) is 23.7 Å². The van der Waals surface area contributed by atoms with Crippen molar-refractivity contribution in [1.29, 1.82) is 0 Å². The highest BCUT2D eigenvalue weighted by Gasteiger charge is 2.13. The van der Waals surface area contributed by atoms with Gasteiger partial charge in [0.15, 0.2) is 0 Å². The third-order valence-corrected chi connectivity index (χ3v) is 2.93. The third-order valence-electron chi connectivity index (χ3n) is 2.93. The van der Waals surface area contributed by atoms with E-state index in [2.05, 4.69) is 5.32 Å². The molecule has 0 aliphatic carbocycles. The number of rotatable bonds is 6. The molecule has 0 saturated carbocycles. The average Bonchev–Trinajstić information content (AvgIpc) is 2.44. The summed E-state index contributed by atoms with van der Waals surface area (Å²) in [5, 5.41) is 2.57. The van der Waals surface area contributed by atoms with Crippen LogP contribution < -0.4 is 16.0 Å². The van der Waals surface area contributed by atoms with Crippen molar-refractivity contribution < 1.29 is 14.3 Å². The first-order valence-electron chi connectivity index (χ1n) is 6.48. The van der Waals surface area contributed by atoms with Crippen LogP contribution in [-0.2, 0) is 9.53 Å². The highest BCUT2D eigenvalue weighted by atomic mass is 16.5. The number of hydrogen-bond donors (Lipinski definition) is 2. The van der Waals surface area contributed by atoms with E-state index >= 15 is 0 Å². The SMILES string of the molecule is CCOC(=O)c1cc(N(C)CCC(=O)NC)ccc1N. The highest BCUT2D eigenvalue weighted by Crippen LogP contribution is 2.21. The average molecular weight is 279 g/mol. The number of ether oxygens (including phenoxy) is 1. The molecule has 0 saturated heterocycles. The lowest BCUT2D eigenvalue weighted by atomic mass is 10.1. The molecule has 20 heavy (non-hydrogen) atoms. The van der Waals surface area contributed by atoms with E-state index in [-0.39, 0.29) is 5.91 Å². The van der Waals surface area contributed by atoms with E-state index in [1.165, 1.54) is 0 Å². The quantitative estimate of drug-likeness (QED) is 0.600. The maximum atomic E-state index is 11.8. The van der Waals surface area contributed by atoms with Gasteiger partial charge in [-0.15, -0.1) is 0 Å². The predicted molar refractivity (Wildman–Crippen MR) is 78.8 cm³/mol. The molecule has 0 bridgehead atoms. The Bertz CT molecular complexity index is 489. The lowest BCUT2D eigenvalue weighted by molar-refractivity contribution is -0.120. The third kappa shape index (κ3) is 4.15. The Morgan fingerprint density at radius 2 is 2.10 bits per heavy atom. The summed E-state index contributed by atoms with van der Waals surface area (Å²) in [6.45, 7) is 2.59. The van der Waals surface area contributed by atoms with Crippen LogP contribution in [0.4, 0.5) is 11.4 Å². The van der Waals surface area contributed by atoms with E-state index < -0.39 is 5.97 Å². The first-order chi connectivity index (χ1) is 9.49. The molecule has 0 fully saturated rings. The van der Waals surface area contributed by atoms with Crippen LogP contribution in [0.2, 0.25) is 0 Å². The first-order valence-corrected chi connectivity index (χ1v) is 6.48. The number of carbonyl (C=O) groups is 2. The zero-order valence-corrected chi connectivity index (χ0v) is 12.1. The summed E-state index contributed by atoms with van der Waals surface area (Å²) in [7, 11) is 3.45. The number of nitrogens with one attached hydrogen (secondary N) is 1. The number of anilines is 2. The summed E-state index contributed by atoms with van der Waals surface area (Å²) < 4.78 is 4.96. The van der Waals surface area contributed by atoms with Gasteiger partial charge >= 0.3 is 5.97 Å². The van der Waals surface area contributed by atoms with E-state index in [0.29, 0.717) is 30.8 Å². The number of amides is 1. The van der Waals surface area contributed by atoms with Crippen molar-refractivity contribution in [2.75, 3.05) is 37.9 Å². The fourth-order valence-corrected chi connectivity index (χ4v) is 1.69. The van der Waals surface area contributed by atoms with Crippen LogP contribution in [0.15, 0.2) is 18.2 Å². The predicted octanol–water partition coefficient (Wildman–Crippen LogP) is 1.02. The Morgan fingerprint density at radius 3 is 2.70 bits per heavy atom. The van der Waals surface area contributed by atoms with Crippen molar-refractivity contribution in [3.63, 3.8) is 0 Å². The maximum Gasteiger partial charge on any atom is 0.340 e. The molecule has 0 radical (unpaired) electrons. The summed E-state index contributed by atoms with van der Waals surface area (Å²) in [5.74, 6) is -0.468. The van der Waals surface area contributed by atoms with E-state index in [0.717, 1.165) is 5.69 Å². The van der Waals surface area contributed by atoms with Crippen molar-refractivity contribution in [2.45, 2.75) is 13.3 Å². The van der Waals surface area contributed by atoms with Gasteiger partial charge in [0.05, 0.1) is 12.2 Å². The van der Waals surface area contributed by atoms with Crippen LogP contribution in [0.25, 0.3) is 0 Å². The molecular formula is C14H21N3O3. The van der Waals surface area contributed by atoms with Crippen molar-refractivity contribution in [1.82, 2.24) is 5.32 Å². The number of nitrogen functional groups attached to an aromatic ring is 1. The lowest BCUT2D eigenvalue weighted by Crippen LogP contribution is -2.26. The number of esters is 1. The Balaban J connectivity index is 2.83. The minimum atomic E-state index is -0.438. The second-order valence-corrected chi connectivity index (χ2v) is 4.34. The number of nitrogens with two attached hydrogens (primary N) is 1. The summed E-state index contributed by atoms with van der Waals surface area (Å²) in [5.41, 5.74) is 7.32. The molecule has 6 nitrogen and oxygen atoms in total. The smallest absolute Gasteiger partial charge is 0.340 e. The molecule has 1 aromatic carbocycles. The van der Waals surface area contributed by atoms with Crippen molar-refractivity contribution in [3.05, 3.63) is 23.8 Å². The number of benzene rings is 1. The number of carbonyl (C=O) groups excluding carboxylic acids is 2. The number of hydrogen-bond acceptors (Lipinski definition) is 5. The Labute approximate surface area is 118 Å². The van der Waals surface area contributed by atoms with Crippen LogP contribution in [0, 0.1) is 0 Å². The van der Waals surface area contributed by atoms with Gasteiger partial charge in [0, 0.05) is 38.4 Å². The van der Waals surface area contributed by atoms with E-state index in [4.69, 9.17) is 10.5 Å². The van der Waals surface area contributed by atoms with Gasteiger partial charge in [-0.3, -0.25) is 4.79 Å². The molecule has 3 N–H and O–H groups in total. The van der Waals surface area contributed by atoms with Gasteiger partial charge in [-0.25, -0.2) is 4.79 Å². The molecular weight excluding hydrogens is 258 g/mol. The molecule has 0 spiro atoms. The molecule has 0 aliphatic heterocycles. The standard InChI is InChI=1S/C14H21N3O3/c1-4-20-14(19)11-9-10(5-6-12(11)15)17(3)8-7-13(18)16-2/h5-6,9H,4,7-8,15H2,1-3H3,(H,16,18). The minimum Gasteiger partial charge on any atom is -0.462 e. The largest absolute Gasteiger partial charge is 0.462 e. The van der Waals surface area contributed by atoms with E-state index in [9.17, 15) is 9.59 Å². The maximum absolute atomic E-state index is 11.8. The molecule has 6 heteroatoms. The summed E-state index contributed by atoms with van der Waals surface area (Å²) in [6, 6.07) is 5.15. The Hall–Kier alpha value is -2.24. The zero-order chi connectivity index (χ0) is 15.1. The van der Waals surface area contributed by atoms with Gasteiger partial charge in [0.25, 0.3) is 0 Å². The van der Waals surface area contributed by atoms with Gasteiger partial charge in [-0.2, -0.15) is 0 Å². The second kappa shape index (κ2) is 7.37. The van der Waals surface area contributed by atoms with E-state index in [1.54, 1.807) is 26.1 Å². The Morgan fingerprint density at radius 1 is 1.40 bits per heavy atom. The minimum absolute atomic E-state index is 0.0297. The summed E-state index contributed by atoms with van der Waals surface area (Å²) >= 11 is 0. The fourth-order valence-electron chi connectivity index (χ4n) is 1.69. The Kier molecular flexibility index (Phi) is 5.83. The van der Waals surface area contributed by atoms with Gasteiger partial charge in [-0.05, 0) is 25.1 Å². The zero-order valence-electron chi connectivity index (χ0n) is 12.1. The molecule has 0 aromatic heterocycles. The summed E-state index contributed by atoms with van der Waals surface area (Å²) in [6.07, 6.45) is 0.381.